The molecular weight excluding hydrogens is 406 g/mol. The molecule has 10 nitrogen and oxygen atoms in total. The predicted octanol–water partition coefficient (Wildman–Crippen LogP) is 1.52. The van der Waals surface area contributed by atoms with Gasteiger partial charge in [-0.15, -0.1) is 0 Å². The molecule has 0 fully saturated rings. The van der Waals surface area contributed by atoms with Gasteiger partial charge in [-0.3, -0.25) is 9.52 Å². The van der Waals surface area contributed by atoms with Crippen LogP contribution in [0, 0.1) is 0 Å². The Balaban J connectivity index is 2.14. The molecule has 0 bridgehead atoms. The van der Waals surface area contributed by atoms with Crippen LogP contribution >= 0.6 is 12.2 Å². The lowest BCUT2D eigenvalue weighted by atomic mass is 10.3. The van der Waals surface area contributed by atoms with Crippen LogP contribution in [-0.2, 0) is 14.8 Å². The van der Waals surface area contributed by atoms with Crippen LogP contribution in [0.3, 0.4) is 0 Å². The zero-order chi connectivity index (χ0) is 20.7. The third-order valence-electron chi connectivity index (χ3n) is 3.31. The number of carbonyl (C=O) groups excluding carboxylic acids is 1. The molecule has 0 spiro atoms. The molecule has 2 aromatic rings. The van der Waals surface area contributed by atoms with Gasteiger partial charge in [0.2, 0.25) is 11.8 Å². The van der Waals surface area contributed by atoms with Crippen molar-refractivity contribution in [2.45, 2.75) is 18.2 Å². The minimum atomic E-state index is -3.91. The Morgan fingerprint density at radius 3 is 2.39 bits per heavy atom. The fraction of sp³-hybridized carbons (Fsp3) is 0.250. The molecular formula is C16H19N5O5S2. The van der Waals surface area contributed by atoms with E-state index in [0.29, 0.717) is 12.1 Å². The molecule has 0 aliphatic rings. The summed E-state index contributed by atoms with van der Waals surface area (Å²) >= 11 is 5.01. The molecule has 0 aliphatic carbocycles. The molecule has 1 amide bonds. The number of methoxy groups -OCH3 is 2. The number of thiocarbonyl (C=S) groups is 1. The second-order valence-electron chi connectivity index (χ2n) is 5.27. The van der Waals surface area contributed by atoms with Gasteiger partial charge < -0.3 is 20.1 Å². The highest BCUT2D eigenvalue weighted by Gasteiger charge is 2.17. The summed E-state index contributed by atoms with van der Waals surface area (Å²) in [7, 11) is -1.17. The summed E-state index contributed by atoms with van der Waals surface area (Å²) in [4.78, 5) is 19.1. The van der Waals surface area contributed by atoms with Gasteiger partial charge in [0, 0.05) is 18.2 Å². The second kappa shape index (κ2) is 9.28. The number of rotatable bonds is 7. The van der Waals surface area contributed by atoms with E-state index in [9.17, 15) is 13.2 Å². The van der Waals surface area contributed by atoms with Crippen molar-refractivity contribution >= 4 is 44.8 Å². The number of anilines is 2. The van der Waals surface area contributed by atoms with Crippen molar-refractivity contribution < 1.29 is 22.7 Å². The quantitative estimate of drug-likeness (QED) is 0.565. The van der Waals surface area contributed by atoms with Crippen molar-refractivity contribution in [3.63, 3.8) is 0 Å². The number of hydrogen-bond acceptors (Lipinski definition) is 8. The van der Waals surface area contributed by atoms with Crippen molar-refractivity contribution in [3.05, 3.63) is 30.3 Å². The van der Waals surface area contributed by atoms with Gasteiger partial charge in [0.1, 0.15) is 0 Å². The van der Waals surface area contributed by atoms with Crippen molar-refractivity contribution in [1.29, 1.82) is 0 Å². The third kappa shape index (κ3) is 5.76. The minimum Gasteiger partial charge on any atom is -0.481 e. The number of amides is 1. The van der Waals surface area contributed by atoms with E-state index in [0.717, 1.165) is 0 Å². The van der Waals surface area contributed by atoms with E-state index >= 15 is 0 Å². The third-order valence-corrected chi connectivity index (χ3v) is 4.88. The Morgan fingerprint density at radius 2 is 1.82 bits per heavy atom. The Morgan fingerprint density at radius 1 is 1.14 bits per heavy atom. The monoisotopic (exact) mass is 425 g/mol. The molecule has 0 aliphatic heterocycles. The summed E-state index contributed by atoms with van der Waals surface area (Å²) in [6.07, 6.45) is 0.295. The van der Waals surface area contributed by atoms with Crippen LogP contribution in [0.2, 0.25) is 0 Å². The highest BCUT2D eigenvalue weighted by Crippen LogP contribution is 2.21. The highest BCUT2D eigenvalue weighted by atomic mass is 32.2. The number of nitrogens with zero attached hydrogens (tertiary/aromatic N) is 2. The van der Waals surface area contributed by atoms with Crippen molar-refractivity contribution in [3.8, 4) is 11.9 Å². The minimum absolute atomic E-state index is 0.00175. The SMILES string of the molecule is CCC(=O)NC(=S)Nc1ccc(S(=O)(=O)Nc2cc(OC)nc(OC)n2)cc1. The first-order valence-electron chi connectivity index (χ1n) is 7.98. The number of benzene rings is 1. The van der Waals surface area contributed by atoms with Crippen LogP contribution in [0.25, 0.3) is 0 Å². The van der Waals surface area contributed by atoms with Crippen molar-refractivity contribution in [1.82, 2.24) is 15.3 Å². The molecule has 28 heavy (non-hydrogen) atoms. The molecule has 1 aromatic heterocycles. The standard InChI is InChI=1S/C16H19N5O5S2/c1-4-13(22)19-16(27)17-10-5-7-11(8-6-10)28(23,24)21-12-9-14(25-2)20-15(18-12)26-3/h5-9H,4H2,1-3H3,(H,18,20,21)(H2,17,19,22,27). The van der Waals surface area contributed by atoms with Crippen molar-refractivity contribution in [2.24, 2.45) is 0 Å². The molecule has 0 radical (unpaired) electrons. The van der Waals surface area contributed by atoms with E-state index in [1.54, 1.807) is 6.92 Å². The molecule has 1 aromatic carbocycles. The van der Waals surface area contributed by atoms with Gasteiger partial charge in [0.15, 0.2) is 10.9 Å². The lowest BCUT2D eigenvalue weighted by Gasteiger charge is -2.11. The Bertz CT molecular complexity index is 942. The average molecular weight is 425 g/mol. The number of aromatic nitrogens is 2. The maximum atomic E-state index is 12.6. The number of sulfonamides is 1. The molecule has 150 valence electrons. The van der Waals surface area contributed by atoms with E-state index in [2.05, 4.69) is 25.3 Å². The number of hydrogen-bond donors (Lipinski definition) is 3. The molecule has 0 saturated carbocycles. The lowest BCUT2D eigenvalue weighted by molar-refractivity contribution is -0.119. The zero-order valence-electron chi connectivity index (χ0n) is 15.3. The summed E-state index contributed by atoms with van der Waals surface area (Å²) in [5.74, 6) is -0.0855. The summed E-state index contributed by atoms with van der Waals surface area (Å²) in [5, 5.41) is 5.41. The summed E-state index contributed by atoms with van der Waals surface area (Å²) in [6.45, 7) is 1.70. The van der Waals surface area contributed by atoms with Crippen LogP contribution in [0.5, 0.6) is 11.9 Å². The Kier molecular flexibility index (Phi) is 7.06. The number of ether oxygens (including phenoxy) is 2. The van der Waals surface area contributed by atoms with E-state index in [1.165, 1.54) is 44.6 Å². The van der Waals surface area contributed by atoms with Crippen LogP contribution < -0.4 is 24.8 Å². The Hall–Kier alpha value is -2.99. The van der Waals surface area contributed by atoms with Gasteiger partial charge in [0.25, 0.3) is 10.0 Å². The predicted molar refractivity (Wildman–Crippen MR) is 107 cm³/mol. The van der Waals surface area contributed by atoms with Crippen LogP contribution in [0.15, 0.2) is 35.2 Å². The van der Waals surface area contributed by atoms with Gasteiger partial charge in [-0.25, -0.2) is 8.42 Å². The molecule has 1 heterocycles. The van der Waals surface area contributed by atoms with E-state index in [1.807, 2.05) is 0 Å². The van der Waals surface area contributed by atoms with Gasteiger partial charge in [0.05, 0.1) is 19.1 Å². The summed E-state index contributed by atoms with van der Waals surface area (Å²) in [6, 6.07) is 7.07. The van der Waals surface area contributed by atoms with Gasteiger partial charge in [-0.1, -0.05) is 6.92 Å². The van der Waals surface area contributed by atoms with E-state index in [4.69, 9.17) is 21.7 Å². The van der Waals surface area contributed by atoms with Gasteiger partial charge in [-0.05, 0) is 36.5 Å². The fourth-order valence-corrected chi connectivity index (χ4v) is 3.17. The highest BCUT2D eigenvalue weighted by molar-refractivity contribution is 7.92. The molecule has 0 atom stereocenters. The Labute approximate surface area is 167 Å². The second-order valence-corrected chi connectivity index (χ2v) is 7.36. The first-order valence-corrected chi connectivity index (χ1v) is 9.87. The van der Waals surface area contributed by atoms with E-state index in [-0.39, 0.29) is 33.6 Å². The molecule has 3 N–H and O–H groups in total. The van der Waals surface area contributed by atoms with Gasteiger partial charge >= 0.3 is 6.01 Å². The van der Waals surface area contributed by atoms with Crippen LogP contribution in [0.1, 0.15) is 13.3 Å². The first-order chi connectivity index (χ1) is 13.3. The number of nitrogens with one attached hydrogen (secondary N) is 3. The van der Waals surface area contributed by atoms with Crippen molar-refractivity contribution in [2.75, 3.05) is 24.3 Å². The first kappa shape index (κ1) is 21.3. The van der Waals surface area contributed by atoms with Gasteiger partial charge in [-0.2, -0.15) is 9.97 Å². The molecule has 2 rings (SSSR count). The van der Waals surface area contributed by atoms with Crippen LogP contribution in [-0.4, -0.2) is 43.6 Å². The van der Waals surface area contributed by atoms with Crippen LogP contribution in [0.4, 0.5) is 11.5 Å². The largest absolute Gasteiger partial charge is 0.481 e. The molecule has 12 heteroatoms. The topological polar surface area (TPSA) is 132 Å². The molecule has 0 unspecified atom stereocenters. The van der Waals surface area contributed by atoms with E-state index < -0.39 is 10.0 Å². The smallest absolute Gasteiger partial charge is 0.321 e. The maximum Gasteiger partial charge on any atom is 0.321 e. The normalized spacial score (nSPS) is 10.7. The molecule has 0 saturated heterocycles. The average Bonchev–Trinajstić information content (AvgIpc) is 2.67. The summed E-state index contributed by atoms with van der Waals surface area (Å²) in [5.41, 5.74) is 0.519. The zero-order valence-corrected chi connectivity index (χ0v) is 17.0. The maximum absolute atomic E-state index is 12.6. The number of carbonyl (C=O) groups is 1. The summed E-state index contributed by atoms with van der Waals surface area (Å²) < 4.78 is 37.4. The lowest BCUT2D eigenvalue weighted by Crippen LogP contribution is -2.33. The fourth-order valence-electron chi connectivity index (χ4n) is 1.94.